The van der Waals surface area contributed by atoms with Crippen molar-refractivity contribution in [1.82, 2.24) is 14.3 Å². The highest BCUT2D eigenvalue weighted by atomic mass is 32.2. The molecule has 1 fully saturated rings. The molecule has 3 N–H and O–H groups in total. The van der Waals surface area contributed by atoms with Gasteiger partial charge < -0.3 is 10.3 Å². The van der Waals surface area contributed by atoms with Gasteiger partial charge in [-0.1, -0.05) is 0 Å². The van der Waals surface area contributed by atoms with Crippen LogP contribution in [0.1, 0.15) is 19.3 Å². The Morgan fingerprint density at radius 1 is 1.59 bits per heavy atom. The average Bonchev–Trinajstić information content (AvgIpc) is 2.85. The predicted molar refractivity (Wildman–Crippen MR) is 63.7 cm³/mol. The van der Waals surface area contributed by atoms with Crippen LogP contribution in [0.5, 0.6) is 0 Å². The van der Waals surface area contributed by atoms with E-state index in [1.54, 1.807) is 11.6 Å². The molecular formula is C10H18N4O2S. The van der Waals surface area contributed by atoms with Crippen LogP contribution >= 0.6 is 0 Å². The second kappa shape index (κ2) is 4.75. The minimum atomic E-state index is -3.47. The fourth-order valence-electron chi connectivity index (χ4n) is 2.13. The Morgan fingerprint density at radius 2 is 2.35 bits per heavy atom. The Hall–Kier alpha value is -0.920. The summed E-state index contributed by atoms with van der Waals surface area (Å²) >= 11 is 0. The lowest BCUT2D eigenvalue weighted by Gasteiger charge is -2.10. The summed E-state index contributed by atoms with van der Waals surface area (Å²) in [7, 11) is -1.73. The monoisotopic (exact) mass is 258 g/mol. The molecule has 6 nitrogen and oxygen atoms in total. The van der Waals surface area contributed by atoms with Gasteiger partial charge in [-0.15, -0.1) is 0 Å². The Kier molecular flexibility index (Phi) is 3.50. The molecule has 2 unspecified atom stereocenters. The van der Waals surface area contributed by atoms with Gasteiger partial charge in [0, 0.05) is 25.8 Å². The molecule has 7 heteroatoms. The Bertz CT molecular complexity index is 482. The maximum Gasteiger partial charge on any atom is 0.259 e. The number of aryl methyl sites for hydroxylation is 1. The van der Waals surface area contributed by atoms with Crippen molar-refractivity contribution in [3.63, 3.8) is 0 Å². The van der Waals surface area contributed by atoms with Crippen molar-refractivity contribution < 1.29 is 8.42 Å². The SMILES string of the molecule is Cn1cnc(S(=O)(=O)NCC2CCC(N)C2)c1. The third-order valence-corrected chi connectivity index (χ3v) is 4.41. The van der Waals surface area contributed by atoms with E-state index in [2.05, 4.69) is 9.71 Å². The number of hydrogen-bond acceptors (Lipinski definition) is 4. The summed E-state index contributed by atoms with van der Waals surface area (Å²) < 4.78 is 27.9. The summed E-state index contributed by atoms with van der Waals surface area (Å²) in [4.78, 5) is 3.84. The molecule has 0 bridgehead atoms. The maximum absolute atomic E-state index is 11.9. The van der Waals surface area contributed by atoms with E-state index in [0.29, 0.717) is 12.5 Å². The van der Waals surface area contributed by atoms with Crippen molar-refractivity contribution in [2.75, 3.05) is 6.54 Å². The molecule has 2 atom stereocenters. The molecule has 0 amide bonds. The largest absolute Gasteiger partial charge is 0.339 e. The van der Waals surface area contributed by atoms with Crippen molar-refractivity contribution in [3.05, 3.63) is 12.5 Å². The molecular weight excluding hydrogens is 240 g/mol. The van der Waals surface area contributed by atoms with Crippen LogP contribution in [0.2, 0.25) is 0 Å². The molecule has 2 rings (SSSR count). The fourth-order valence-corrected chi connectivity index (χ4v) is 3.22. The third kappa shape index (κ3) is 3.05. The van der Waals surface area contributed by atoms with E-state index in [-0.39, 0.29) is 11.1 Å². The molecule has 0 aromatic carbocycles. The zero-order chi connectivity index (χ0) is 12.5. The first-order valence-electron chi connectivity index (χ1n) is 5.70. The van der Waals surface area contributed by atoms with Crippen LogP contribution in [0.15, 0.2) is 17.6 Å². The van der Waals surface area contributed by atoms with E-state index in [1.807, 2.05) is 0 Å². The molecule has 1 aromatic rings. The Balaban J connectivity index is 1.94. The van der Waals surface area contributed by atoms with Gasteiger partial charge in [0.05, 0.1) is 6.33 Å². The smallest absolute Gasteiger partial charge is 0.259 e. The van der Waals surface area contributed by atoms with Gasteiger partial charge >= 0.3 is 0 Å². The average molecular weight is 258 g/mol. The normalized spacial score (nSPS) is 25.3. The quantitative estimate of drug-likeness (QED) is 0.784. The second-order valence-electron chi connectivity index (χ2n) is 4.67. The molecule has 0 radical (unpaired) electrons. The number of aromatic nitrogens is 2. The number of nitrogens with one attached hydrogen (secondary N) is 1. The second-order valence-corrected chi connectivity index (χ2v) is 6.38. The molecule has 17 heavy (non-hydrogen) atoms. The van der Waals surface area contributed by atoms with Crippen LogP contribution in [0.25, 0.3) is 0 Å². The molecule has 0 aliphatic heterocycles. The lowest BCUT2D eigenvalue weighted by molar-refractivity contribution is 0.511. The van der Waals surface area contributed by atoms with E-state index in [1.165, 1.54) is 12.5 Å². The predicted octanol–water partition coefficient (Wildman–Crippen LogP) is -0.174. The molecule has 1 aliphatic carbocycles. The van der Waals surface area contributed by atoms with Gasteiger partial charge in [-0.05, 0) is 25.2 Å². The zero-order valence-electron chi connectivity index (χ0n) is 9.83. The molecule has 0 spiro atoms. The lowest BCUT2D eigenvalue weighted by Crippen LogP contribution is -2.29. The number of sulfonamides is 1. The summed E-state index contributed by atoms with van der Waals surface area (Å²) in [6.07, 6.45) is 5.83. The maximum atomic E-state index is 11.9. The van der Waals surface area contributed by atoms with Gasteiger partial charge in [-0.2, -0.15) is 0 Å². The minimum Gasteiger partial charge on any atom is -0.339 e. The standard InChI is InChI=1S/C10H18N4O2S/c1-14-6-10(12-7-14)17(15,16)13-5-8-2-3-9(11)4-8/h6-9,13H,2-5,11H2,1H3. The molecule has 1 saturated carbocycles. The van der Waals surface area contributed by atoms with Crippen LogP contribution in [-0.4, -0.2) is 30.6 Å². The van der Waals surface area contributed by atoms with E-state index >= 15 is 0 Å². The summed E-state index contributed by atoms with van der Waals surface area (Å²) in [5, 5.41) is 0.0716. The van der Waals surface area contributed by atoms with Crippen molar-refractivity contribution in [2.24, 2.45) is 18.7 Å². The molecule has 1 aromatic heterocycles. The lowest BCUT2D eigenvalue weighted by atomic mass is 10.1. The van der Waals surface area contributed by atoms with Gasteiger partial charge in [0.25, 0.3) is 10.0 Å². The molecule has 96 valence electrons. The first kappa shape index (κ1) is 12.5. The number of rotatable bonds is 4. The van der Waals surface area contributed by atoms with Crippen LogP contribution in [0, 0.1) is 5.92 Å². The van der Waals surface area contributed by atoms with Crippen molar-refractivity contribution in [2.45, 2.75) is 30.3 Å². The first-order chi connectivity index (χ1) is 7.97. The van der Waals surface area contributed by atoms with E-state index in [4.69, 9.17) is 5.73 Å². The van der Waals surface area contributed by atoms with E-state index in [0.717, 1.165) is 19.3 Å². The van der Waals surface area contributed by atoms with Crippen LogP contribution < -0.4 is 10.5 Å². The fraction of sp³-hybridized carbons (Fsp3) is 0.700. The summed E-state index contributed by atoms with van der Waals surface area (Å²) in [6.45, 7) is 0.451. The first-order valence-corrected chi connectivity index (χ1v) is 7.19. The number of hydrogen-bond donors (Lipinski definition) is 2. The van der Waals surface area contributed by atoms with Crippen LogP contribution in [0.3, 0.4) is 0 Å². The van der Waals surface area contributed by atoms with E-state index < -0.39 is 10.0 Å². The minimum absolute atomic E-state index is 0.0716. The van der Waals surface area contributed by atoms with Crippen LogP contribution in [0.4, 0.5) is 0 Å². The van der Waals surface area contributed by atoms with Gasteiger partial charge in [0.15, 0.2) is 5.03 Å². The van der Waals surface area contributed by atoms with Crippen molar-refractivity contribution in [1.29, 1.82) is 0 Å². The highest BCUT2D eigenvalue weighted by Crippen LogP contribution is 2.23. The van der Waals surface area contributed by atoms with Crippen molar-refractivity contribution in [3.8, 4) is 0 Å². The zero-order valence-corrected chi connectivity index (χ0v) is 10.7. The number of imidazole rings is 1. The van der Waals surface area contributed by atoms with Gasteiger partial charge in [-0.25, -0.2) is 18.1 Å². The number of nitrogens with two attached hydrogens (primary N) is 1. The van der Waals surface area contributed by atoms with Gasteiger partial charge in [0.2, 0.25) is 0 Å². The van der Waals surface area contributed by atoms with E-state index in [9.17, 15) is 8.42 Å². The third-order valence-electron chi connectivity index (χ3n) is 3.10. The topological polar surface area (TPSA) is 90.0 Å². The summed E-state index contributed by atoms with van der Waals surface area (Å²) in [5.74, 6) is 0.350. The highest BCUT2D eigenvalue weighted by molar-refractivity contribution is 7.89. The number of nitrogens with zero attached hydrogens (tertiary/aromatic N) is 2. The van der Waals surface area contributed by atoms with Gasteiger partial charge in [0.1, 0.15) is 0 Å². The molecule has 1 aliphatic rings. The molecule has 1 heterocycles. The Labute approximate surface area is 101 Å². The van der Waals surface area contributed by atoms with Gasteiger partial charge in [-0.3, -0.25) is 0 Å². The summed E-state index contributed by atoms with van der Waals surface area (Å²) in [6, 6.07) is 0.222. The van der Waals surface area contributed by atoms with Crippen LogP contribution in [-0.2, 0) is 17.1 Å². The highest BCUT2D eigenvalue weighted by Gasteiger charge is 2.24. The summed E-state index contributed by atoms with van der Waals surface area (Å²) in [5.41, 5.74) is 5.79. The van der Waals surface area contributed by atoms with Crippen molar-refractivity contribution >= 4 is 10.0 Å². The Morgan fingerprint density at radius 3 is 2.88 bits per heavy atom. The molecule has 0 saturated heterocycles.